The van der Waals surface area contributed by atoms with Gasteiger partial charge in [-0.25, -0.2) is 4.79 Å². The summed E-state index contributed by atoms with van der Waals surface area (Å²) >= 11 is 12.2. The summed E-state index contributed by atoms with van der Waals surface area (Å²) in [6, 6.07) is 11.9. The van der Waals surface area contributed by atoms with Crippen molar-refractivity contribution in [2.45, 2.75) is 77.0 Å². The third-order valence-corrected chi connectivity index (χ3v) is 8.57. The van der Waals surface area contributed by atoms with Gasteiger partial charge in [0, 0.05) is 53.6 Å². The summed E-state index contributed by atoms with van der Waals surface area (Å²) in [6.07, 6.45) is 7.26. The van der Waals surface area contributed by atoms with E-state index in [4.69, 9.17) is 27.9 Å². The molecular weight excluding hydrogens is 587 g/mol. The maximum absolute atomic E-state index is 12.5. The van der Waals surface area contributed by atoms with Gasteiger partial charge in [-0.15, -0.1) is 0 Å². The third kappa shape index (κ3) is 7.61. The van der Waals surface area contributed by atoms with E-state index in [0.29, 0.717) is 43.0 Å². The van der Waals surface area contributed by atoms with Gasteiger partial charge in [-0.1, -0.05) is 35.3 Å². The van der Waals surface area contributed by atoms with Crippen LogP contribution in [0.4, 0.5) is 4.79 Å². The first kappa shape index (κ1) is 31.1. The monoisotopic (exact) mass is 624 g/mol. The normalized spacial score (nSPS) is 18.0. The zero-order valence-corrected chi connectivity index (χ0v) is 26.3. The molecule has 2 atom stereocenters. The molecule has 0 bridgehead atoms. The first-order valence-electron chi connectivity index (χ1n) is 14.8. The highest BCUT2D eigenvalue weighted by Gasteiger charge is 2.39. The second kappa shape index (κ2) is 13.1. The summed E-state index contributed by atoms with van der Waals surface area (Å²) in [5.41, 5.74) is 3.69. The van der Waals surface area contributed by atoms with Gasteiger partial charge in [-0.2, -0.15) is 0 Å². The van der Waals surface area contributed by atoms with Gasteiger partial charge < -0.3 is 20.0 Å². The SMILES string of the molecule is CC(C)(C)OC(=O)N1CC[C@H]1C(=O)CCc1ccc2[nH]cc(Cl)c2c1.O=C(CCc1ccc2[nH]cc(Cl)c2c1)[C@@H]1CCN1. The van der Waals surface area contributed by atoms with Gasteiger partial charge in [-0.3, -0.25) is 14.5 Å². The number of ketones is 2. The molecule has 0 radical (unpaired) electrons. The largest absolute Gasteiger partial charge is 0.444 e. The molecule has 1 amide bonds. The molecule has 0 saturated carbocycles. The number of halogens is 2. The van der Waals surface area contributed by atoms with Crippen LogP contribution in [0, 0.1) is 0 Å². The Balaban J connectivity index is 0.000000180. The van der Waals surface area contributed by atoms with Crippen LogP contribution in [0.1, 0.15) is 57.6 Å². The Hall–Kier alpha value is -3.33. The average molecular weight is 626 g/mol. The zero-order valence-electron chi connectivity index (χ0n) is 24.8. The lowest BCUT2D eigenvalue weighted by molar-refractivity contribution is -0.128. The second-order valence-electron chi connectivity index (χ2n) is 12.2. The summed E-state index contributed by atoms with van der Waals surface area (Å²) in [4.78, 5) is 44.1. The van der Waals surface area contributed by atoms with Gasteiger partial charge in [0.15, 0.2) is 5.78 Å². The molecule has 4 heterocycles. The van der Waals surface area contributed by atoms with E-state index in [1.807, 2.05) is 45.0 Å². The molecule has 2 fully saturated rings. The van der Waals surface area contributed by atoms with Crippen LogP contribution in [0.5, 0.6) is 0 Å². The summed E-state index contributed by atoms with van der Waals surface area (Å²) in [5.74, 6) is 0.402. The Bertz CT molecular complexity index is 1630. The number of hydrogen-bond donors (Lipinski definition) is 3. The Morgan fingerprint density at radius 2 is 1.40 bits per heavy atom. The summed E-state index contributed by atoms with van der Waals surface area (Å²) in [6.45, 7) is 7.02. The van der Waals surface area contributed by atoms with Crippen LogP contribution in [-0.2, 0) is 27.2 Å². The van der Waals surface area contributed by atoms with E-state index in [9.17, 15) is 14.4 Å². The van der Waals surface area contributed by atoms with Crippen LogP contribution in [0.2, 0.25) is 10.0 Å². The highest BCUT2D eigenvalue weighted by atomic mass is 35.5. The molecule has 6 rings (SSSR count). The molecule has 0 spiro atoms. The minimum absolute atomic E-state index is 0.0809. The number of carbonyl (C=O) groups excluding carboxylic acids is 3. The predicted octanol–water partition coefficient (Wildman–Crippen LogP) is 7.02. The third-order valence-electron chi connectivity index (χ3n) is 7.94. The molecule has 2 aromatic carbocycles. The van der Waals surface area contributed by atoms with Crippen LogP contribution in [0.3, 0.4) is 0 Å². The van der Waals surface area contributed by atoms with E-state index in [1.165, 1.54) is 4.90 Å². The van der Waals surface area contributed by atoms with E-state index in [1.54, 1.807) is 12.4 Å². The Morgan fingerprint density at radius 1 is 0.860 bits per heavy atom. The van der Waals surface area contributed by atoms with E-state index in [-0.39, 0.29) is 17.9 Å². The van der Waals surface area contributed by atoms with E-state index < -0.39 is 11.7 Å². The van der Waals surface area contributed by atoms with Crippen molar-refractivity contribution >= 4 is 62.7 Å². The highest BCUT2D eigenvalue weighted by Crippen LogP contribution is 2.27. The Morgan fingerprint density at radius 3 is 1.84 bits per heavy atom. The maximum Gasteiger partial charge on any atom is 0.410 e. The second-order valence-corrected chi connectivity index (χ2v) is 13.1. The van der Waals surface area contributed by atoms with E-state index >= 15 is 0 Å². The molecule has 4 aromatic rings. The number of nitrogens with one attached hydrogen (secondary N) is 3. The smallest absolute Gasteiger partial charge is 0.410 e. The topological polar surface area (TPSA) is 107 Å². The van der Waals surface area contributed by atoms with Gasteiger partial charge in [0.05, 0.1) is 22.1 Å². The van der Waals surface area contributed by atoms with Crippen molar-refractivity contribution in [1.82, 2.24) is 20.2 Å². The van der Waals surface area contributed by atoms with Crippen molar-refractivity contribution in [3.8, 4) is 0 Å². The van der Waals surface area contributed by atoms with Crippen molar-refractivity contribution in [2.75, 3.05) is 13.1 Å². The first-order valence-corrected chi connectivity index (χ1v) is 15.5. The number of hydrogen-bond acceptors (Lipinski definition) is 5. The van der Waals surface area contributed by atoms with Crippen molar-refractivity contribution < 1.29 is 19.1 Å². The summed E-state index contributed by atoms with van der Waals surface area (Å²) < 4.78 is 5.35. The van der Waals surface area contributed by atoms with Crippen LogP contribution >= 0.6 is 23.2 Å². The lowest BCUT2D eigenvalue weighted by Crippen LogP contribution is -2.56. The average Bonchev–Trinajstić information content (AvgIpc) is 3.45. The highest BCUT2D eigenvalue weighted by molar-refractivity contribution is 6.36. The minimum Gasteiger partial charge on any atom is -0.444 e. The van der Waals surface area contributed by atoms with Crippen LogP contribution in [0.15, 0.2) is 48.8 Å². The minimum atomic E-state index is -0.550. The lowest BCUT2D eigenvalue weighted by atomic mass is 9.94. The van der Waals surface area contributed by atoms with E-state index in [2.05, 4.69) is 27.4 Å². The quantitative estimate of drug-likeness (QED) is 0.195. The Kier molecular flexibility index (Phi) is 9.49. The number of fused-ring (bicyclic) bond motifs is 2. The molecule has 2 aliphatic heterocycles. The number of likely N-dealkylation sites (tertiary alicyclic amines) is 1. The van der Waals surface area contributed by atoms with Gasteiger partial charge in [-0.05, 0) is 88.4 Å². The standard InChI is InChI=1S/C19H23ClN2O3.C14H15ClN2O/c1-19(2,3)25-18(24)22-9-8-16(22)17(23)7-5-12-4-6-15-13(10-12)14(20)11-21-15;15-11-8-17-12-3-1-9(7-10(11)12)2-4-14(18)13-5-6-16-13/h4,6,10-11,16,21H,5,7-9H2,1-3H3;1,3,7-8,13,16-17H,2,4-6H2/t16-;13-/m00/s1. The van der Waals surface area contributed by atoms with Crippen molar-refractivity contribution in [1.29, 1.82) is 0 Å². The number of nitrogens with zero attached hydrogens (tertiary/aromatic N) is 1. The molecular formula is C33H38Cl2N4O4. The number of carbonyl (C=O) groups is 3. The van der Waals surface area contributed by atoms with Gasteiger partial charge in [0.1, 0.15) is 11.4 Å². The molecule has 2 aliphatic rings. The number of ether oxygens (including phenoxy) is 1. The number of benzene rings is 2. The molecule has 3 N–H and O–H groups in total. The number of H-pyrrole nitrogens is 2. The zero-order chi connectivity index (χ0) is 30.7. The molecule has 2 aromatic heterocycles. The molecule has 228 valence electrons. The molecule has 0 unspecified atom stereocenters. The predicted molar refractivity (Wildman–Crippen MR) is 171 cm³/mol. The molecule has 0 aliphatic carbocycles. The fourth-order valence-electron chi connectivity index (χ4n) is 5.28. The molecule has 2 saturated heterocycles. The molecule has 10 heteroatoms. The first-order chi connectivity index (χ1) is 20.5. The summed E-state index contributed by atoms with van der Waals surface area (Å²) in [5, 5.41) is 6.55. The van der Waals surface area contributed by atoms with Gasteiger partial charge in [0.25, 0.3) is 0 Å². The number of amides is 1. The van der Waals surface area contributed by atoms with Gasteiger partial charge >= 0.3 is 6.09 Å². The maximum atomic E-state index is 12.5. The fraction of sp³-hybridized carbons (Fsp3) is 0.424. The fourth-order valence-corrected chi connectivity index (χ4v) is 5.70. The molecule has 43 heavy (non-hydrogen) atoms. The van der Waals surface area contributed by atoms with Crippen molar-refractivity contribution in [3.05, 3.63) is 70.0 Å². The number of aromatic nitrogens is 2. The molecule has 8 nitrogen and oxygen atoms in total. The van der Waals surface area contributed by atoms with Crippen LogP contribution in [0.25, 0.3) is 21.8 Å². The number of aryl methyl sites for hydroxylation is 2. The van der Waals surface area contributed by atoms with Crippen molar-refractivity contribution in [3.63, 3.8) is 0 Å². The number of aromatic amines is 2. The van der Waals surface area contributed by atoms with Crippen molar-refractivity contribution in [2.24, 2.45) is 0 Å². The van der Waals surface area contributed by atoms with Crippen LogP contribution < -0.4 is 5.32 Å². The summed E-state index contributed by atoms with van der Waals surface area (Å²) in [7, 11) is 0. The van der Waals surface area contributed by atoms with Crippen LogP contribution in [-0.4, -0.2) is 63.3 Å². The Labute approximate surface area is 261 Å². The van der Waals surface area contributed by atoms with E-state index in [0.717, 1.165) is 57.3 Å². The number of rotatable bonds is 8. The lowest BCUT2D eigenvalue weighted by Gasteiger charge is -2.40. The van der Waals surface area contributed by atoms with Gasteiger partial charge in [0.2, 0.25) is 0 Å². The number of Topliss-reactive ketones (excluding diaryl/α,β-unsaturated/α-hetero) is 2.